The van der Waals surface area contributed by atoms with E-state index in [1.54, 1.807) is 18.2 Å². The molecule has 2 nitrogen and oxygen atoms in total. The predicted molar refractivity (Wildman–Crippen MR) is 87.9 cm³/mol. The Hall–Kier alpha value is -1.90. The summed E-state index contributed by atoms with van der Waals surface area (Å²) in [5, 5.41) is 4.50. The highest BCUT2D eigenvalue weighted by Crippen LogP contribution is 2.27. The molecule has 0 saturated carbocycles. The van der Waals surface area contributed by atoms with Crippen molar-refractivity contribution in [3.05, 3.63) is 76.5 Å². The number of anilines is 1. The maximum atomic E-state index is 6.11. The van der Waals surface area contributed by atoms with Crippen LogP contribution < -0.4 is 5.32 Å². The van der Waals surface area contributed by atoms with E-state index in [2.05, 4.69) is 5.32 Å². The lowest BCUT2D eigenvalue weighted by atomic mass is 10.2. The van der Waals surface area contributed by atoms with Crippen molar-refractivity contribution < 1.29 is 4.42 Å². The van der Waals surface area contributed by atoms with Crippen LogP contribution in [0.3, 0.4) is 0 Å². The number of furan rings is 1. The van der Waals surface area contributed by atoms with Gasteiger partial charge >= 0.3 is 0 Å². The van der Waals surface area contributed by atoms with Crippen LogP contribution in [0.1, 0.15) is 5.76 Å². The van der Waals surface area contributed by atoms with Crippen LogP contribution in [0.15, 0.2) is 65.1 Å². The Balaban J connectivity index is 1.72. The average Bonchev–Trinajstić information content (AvgIpc) is 2.98. The maximum absolute atomic E-state index is 6.11. The Morgan fingerprint density at radius 2 is 1.71 bits per heavy atom. The summed E-state index contributed by atoms with van der Waals surface area (Å²) in [5.41, 5.74) is 1.85. The van der Waals surface area contributed by atoms with Gasteiger partial charge in [0, 0.05) is 10.6 Å². The Kier molecular flexibility index (Phi) is 4.18. The SMILES string of the molecule is Clc1ccc(Cl)c(NCc2ccc(-c3ccccc3)o2)c1. The highest BCUT2D eigenvalue weighted by molar-refractivity contribution is 6.35. The van der Waals surface area contributed by atoms with Gasteiger partial charge in [0.1, 0.15) is 11.5 Å². The molecular weight excluding hydrogens is 305 g/mol. The molecule has 0 saturated heterocycles. The normalized spacial score (nSPS) is 10.6. The second-order valence-electron chi connectivity index (χ2n) is 4.61. The van der Waals surface area contributed by atoms with E-state index in [1.807, 2.05) is 42.5 Å². The molecule has 1 aromatic heterocycles. The van der Waals surface area contributed by atoms with Gasteiger partial charge < -0.3 is 9.73 Å². The molecule has 2 aromatic carbocycles. The molecular formula is C17H13Cl2NO. The van der Waals surface area contributed by atoms with Crippen molar-refractivity contribution in [3.63, 3.8) is 0 Å². The predicted octanol–water partition coefficient (Wildman–Crippen LogP) is 5.87. The van der Waals surface area contributed by atoms with Gasteiger partial charge in [0.2, 0.25) is 0 Å². The lowest BCUT2D eigenvalue weighted by Gasteiger charge is -2.07. The second-order valence-corrected chi connectivity index (χ2v) is 5.45. The number of rotatable bonds is 4. The molecule has 0 amide bonds. The van der Waals surface area contributed by atoms with Crippen molar-refractivity contribution in [1.82, 2.24) is 0 Å². The Labute approximate surface area is 133 Å². The first-order valence-electron chi connectivity index (χ1n) is 6.55. The molecule has 0 bridgehead atoms. The zero-order valence-corrected chi connectivity index (χ0v) is 12.7. The monoisotopic (exact) mass is 317 g/mol. The van der Waals surface area contributed by atoms with Crippen LogP contribution in [0.2, 0.25) is 10.0 Å². The minimum atomic E-state index is 0.549. The largest absolute Gasteiger partial charge is 0.459 e. The summed E-state index contributed by atoms with van der Waals surface area (Å²) in [6.07, 6.45) is 0. The van der Waals surface area contributed by atoms with Gasteiger partial charge in [-0.1, -0.05) is 53.5 Å². The number of halogens is 2. The summed E-state index contributed by atoms with van der Waals surface area (Å²) in [7, 11) is 0. The second kappa shape index (κ2) is 6.25. The van der Waals surface area contributed by atoms with E-state index in [0.717, 1.165) is 22.8 Å². The van der Waals surface area contributed by atoms with Crippen LogP contribution in [0.4, 0.5) is 5.69 Å². The highest BCUT2D eigenvalue weighted by atomic mass is 35.5. The van der Waals surface area contributed by atoms with Gasteiger partial charge in [0.05, 0.1) is 17.3 Å². The molecule has 3 aromatic rings. The van der Waals surface area contributed by atoms with Gasteiger partial charge in [-0.15, -0.1) is 0 Å². The van der Waals surface area contributed by atoms with E-state index in [-0.39, 0.29) is 0 Å². The molecule has 0 atom stereocenters. The summed E-state index contributed by atoms with van der Waals surface area (Å²) in [6, 6.07) is 19.2. The molecule has 1 heterocycles. The van der Waals surface area contributed by atoms with Crippen LogP contribution in [-0.2, 0) is 6.54 Å². The number of hydrogen-bond donors (Lipinski definition) is 1. The molecule has 0 fully saturated rings. The molecule has 0 spiro atoms. The fourth-order valence-electron chi connectivity index (χ4n) is 2.05. The number of nitrogens with one attached hydrogen (secondary N) is 1. The van der Waals surface area contributed by atoms with Gasteiger partial charge in [0.15, 0.2) is 0 Å². The molecule has 1 N–H and O–H groups in total. The molecule has 0 radical (unpaired) electrons. The van der Waals surface area contributed by atoms with Crippen molar-refractivity contribution in [2.24, 2.45) is 0 Å². The van der Waals surface area contributed by atoms with Crippen LogP contribution in [0.25, 0.3) is 11.3 Å². The minimum Gasteiger partial charge on any atom is -0.459 e. The topological polar surface area (TPSA) is 25.2 Å². The molecule has 0 unspecified atom stereocenters. The average molecular weight is 318 g/mol. The van der Waals surface area contributed by atoms with Gasteiger partial charge in [-0.05, 0) is 30.3 Å². The van der Waals surface area contributed by atoms with E-state index >= 15 is 0 Å². The van der Waals surface area contributed by atoms with Crippen molar-refractivity contribution in [3.8, 4) is 11.3 Å². The maximum Gasteiger partial charge on any atom is 0.134 e. The summed E-state index contributed by atoms with van der Waals surface area (Å²) in [6.45, 7) is 0.549. The summed E-state index contributed by atoms with van der Waals surface area (Å²) in [4.78, 5) is 0. The Morgan fingerprint density at radius 1 is 0.905 bits per heavy atom. The van der Waals surface area contributed by atoms with Gasteiger partial charge in [-0.25, -0.2) is 0 Å². The van der Waals surface area contributed by atoms with Crippen molar-refractivity contribution in [2.75, 3.05) is 5.32 Å². The molecule has 0 aliphatic heterocycles. The van der Waals surface area contributed by atoms with Crippen LogP contribution in [0.5, 0.6) is 0 Å². The van der Waals surface area contributed by atoms with E-state index in [4.69, 9.17) is 27.6 Å². The minimum absolute atomic E-state index is 0.549. The third-order valence-corrected chi connectivity index (χ3v) is 3.67. The van der Waals surface area contributed by atoms with E-state index in [1.165, 1.54) is 0 Å². The van der Waals surface area contributed by atoms with Gasteiger partial charge in [-0.2, -0.15) is 0 Å². The zero-order chi connectivity index (χ0) is 14.7. The Bertz CT molecular complexity index is 738. The quantitative estimate of drug-likeness (QED) is 0.651. The fourth-order valence-corrected chi connectivity index (χ4v) is 2.40. The van der Waals surface area contributed by atoms with Gasteiger partial charge in [-0.3, -0.25) is 0 Å². The first-order valence-corrected chi connectivity index (χ1v) is 7.31. The summed E-state index contributed by atoms with van der Waals surface area (Å²) >= 11 is 12.1. The molecule has 4 heteroatoms. The van der Waals surface area contributed by atoms with Crippen molar-refractivity contribution >= 4 is 28.9 Å². The molecule has 21 heavy (non-hydrogen) atoms. The van der Waals surface area contributed by atoms with Crippen LogP contribution >= 0.6 is 23.2 Å². The lowest BCUT2D eigenvalue weighted by Crippen LogP contribution is -1.98. The van der Waals surface area contributed by atoms with Crippen molar-refractivity contribution in [2.45, 2.75) is 6.54 Å². The first kappa shape index (κ1) is 14.1. The van der Waals surface area contributed by atoms with E-state index in [9.17, 15) is 0 Å². The van der Waals surface area contributed by atoms with Crippen molar-refractivity contribution in [1.29, 1.82) is 0 Å². The molecule has 106 valence electrons. The van der Waals surface area contributed by atoms with Crippen LogP contribution in [-0.4, -0.2) is 0 Å². The zero-order valence-electron chi connectivity index (χ0n) is 11.1. The fraction of sp³-hybridized carbons (Fsp3) is 0.0588. The van der Waals surface area contributed by atoms with Gasteiger partial charge in [0.25, 0.3) is 0 Å². The summed E-state index contributed by atoms with van der Waals surface area (Å²) in [5.74, 6) is 1.69. The van der Waals surface area contributed by atoms with E-state index in [0.29, 0.717) is 16.6 Å². The molecule has 0 aliphatic carbocycles. The highest BCUT2D eigenvalue weighted by Gasteiger charge is 2.06. The standard InChI is InChI=1S/C17H13Cl2NO/c18-13-6-8-15(19)16(10-13)20-11-14-7-9-17(21-14)12-4-2-1-3-5-12/h1-10,20H,11H2. The first-order chi connectivity index (χ1) is 10.2. The summed E-state index contributed by atoms with van der Waals surface area (Å²) < 4.78 is 5.82. The number of benzene rings is 2. The molecule has 0 aliphatic rings. The smallest absolute Gasteiger partial charge is 0.134 e. The Morgan fingerprint density at radius 3 is 2.52 bits per heavy atom. The third-order valence-electron chi connectivity index (χ3n) is 3.10. The lowest BCUT2D eigenvalue weighted by molar-refractivity contribution is 0.531. The third kappa shape index (κ3) is 3.41. The van der Waals surface area contributed by atoms with E-state index < -0.39 is 0 Å². The number of hydrogen-bond acceptors (Lipinski definition) is 2. The molecule has 3 rings (SSSR count). The van der Waals surface area contributed by atoms with Crippen LogP contribution in [0, 0.1) is 0 Å².